The number of carbonyl (C=O) groups is 1. The van der Waals surface area contributed by atoms with Crippen molar-refractivity contribution in [3.05, 3.63) is 82.3 Å². The molecule has 0 saturated heterocycles. The lowest BCUT2D eigenvalue weighted by Crippen LogP contribution is -2.48. The van der Waals surface area contributed by atoms with E-state index in [1.54, 1.807) is 36.9 Å². The van der Waals surface area contributed by atoms with Crippen LogP contribution in [-0.4, -0.2) is 39.2 Å². The number of aryl methyl sites for hydroxylation is 2. The van der Waals surface area contributed by atoms with E-state index >= 15 is 0 Å². The van der Waals surface area contributed by atoms with Crippen molar-refractivity contribution < 1.29 is 18.0 Å². The highest BCUT2D eigenvalue weighted by Crippen LogP contribution is 2.45. The van der Waals surface area contributed by atoms with E-state index in [9.17, 15) is 18.0 Å². The second-order valence-corrected chi connectivity index (χ2v) is 10.4. The van der Waals surface area contributed by atoms with Crippen LogP contribution in [0.25, 0.3) is 5.03 Å². The first-order valence-corrected chi connectivity index (χ1v) is 13.7. The number of fused-ring (bicyclic) bond motifs is 1. The Morgan fingerprint density at radius 3 is 2.62 bits per heavy atom. The molecule has 4 rings (SSSR count). The van der Waals surface area contributed by atoms with Crippen LogP contribution < -0.4 is 10.5 Å². The van der Waals surface area contributed by atoms with Crippen molar-refractivity contribution in [3.8, 4) is 0 Å². The summed E-state index contributed by atoms with van der Waals surface area (Å²) in [6.45, 7) is 3.56. The summed E-state index contributed by atoms with van der Waals surface area (Å²) in [7, 11) is 1.73. The Balaban J connectivity index is 1.89. The van der Waals surface area contributed by atoms with E-state index in [-0.39, 0.29) is 29.4 Å². The Bertz CT molecular complexity index is 1420. The number of halogens is 4. The molecule has 1 aliphatic rings. The number of benzene rings is 2. The first-order valence-electron chi connectivity index (χ1n) is 12.1. The van der Waals surface area contributed by atoms with Crippen molar-refractivity contribution in [3.63, 3.8) is 0 Å². The van der Waals surface area contributed by atoms with Crippen molar-refractivity contribution in [2.24, 2.45) is 23.7 Å². The first kappa shape index (κ1) is 28.7. The average Bonchev–Trinajstić information content (AvgIpc) is 3.17. The van der Waals surface area contributed by atoms with Crippen molar-refractivity contribution in [2.75, 3.05) is 11.0 Å². The van der Waals surface area contributed by atoms with Crippen LogP contribution in [-0.2, 0) is 18.3 Å². The van der Waals surface area contributed by atoms with E-state index in [2.05, 4.69) is 14.8 Å². The van der Waals surface area contributed by atoms with Crippen LogP contribution in [0.2, 0.25) is 0 Å². The number of aliphatic imine (C=N–C) groups is 1. The number of nitrogens with two attached hydrogens (primary N) is 1. The minimum absolute atomic E-state index is 0.00669. The van der Waals surface area contributed by atoms with Gasteiger partial charge in [-0.25, -0.2) is 18.2 Å². The molecule has 3 N–H and O–H groups in total. The summed E-state index contributed by atoms with van der Waals surface area (Å²) in [5.41, 5.74) is 8.62. The van der Waals surface area contributed by atoms with Crippen molar-refractivity contribution in [1.82, 2.24) is 14.7 Å². The maximum Gasteiger partial charge on any atom is 0.215 e. The summed E-state index contributed by atoms with van der Waals surface area (Å²) in [6, 6.07) is 5.86. The normalized spacial score (nSPS) is 17.9. The van der Waals surface area contributed by atoms with E-state index < -0.39 is 29.5 Å². The average molecular weight is 577 g/mol. The molecule has 39 heavy (non-hydrogen) atoms. The predicted octanol–water partition coefficient (Wildman–Crippen LogP) is 5.86. The van der Waals surface area contributed by atoms with Gasteiger partial charge in [-0.05, 0) is 42.7 Å². The molecule has 12 heteroatoms. The fourth-order valence-electron chi connectivity index (χ4n) is 4.87. The molecule has 3 aromatic rings. The predicted molar refractivity (Wildman–Crippen MR) is 150 cm³/mol. The molecule has 0 radical (unpaired) electrons. The van der Waals surface area contributed by atoms with Crippen molar-refractivity contribution in [2.45, 2.75) is 32.4 Å². The largest absolute Gasteiger partial charge is 0.321 e. The number of amidine groups is 1. The van der Waals surface area contributed by atoms with Crippen LogP contribution >= 0.6 is 23.5 Å². The maximum absolute atomic E-state index is 14.9. The van der Waals surface area contributed by atoms with Crippen LogP contribution in [0.3, 0.4) is 0 Å². The van der Waals surface area contributed by atoms with Crippen LogP contribution in [0.1, 0.15) is 35.3 Å². The minimum Gasteiger partial charge on any atom is -0.321 e. The van der Waals surface area contributed by atoms with Gasteiger partial charge in [-0.15, -0.1) is 0 Å². The molecular formula is C27H28ClF3N6OS. The van der Waals surface area contributed by atoms with Crippen LogP contribution in [0.15, 0.2) is 47.5 Å². The maximum atomic E-state index is 14.9. The SMILES string of the molecule is CSNc1nn(C)c2c1C(Cl)=CC(C)C2N(C=O)C(=Nc1c(C)cccc1F)C(N)Cc1cc(F)cc(F)c1. The number of carbonyl (C=O) groups excluding carboxylic acids is 1. The van der Waals surface area contributed by atoms with Gasteiger partial charge in [0.1, 0.15) is 29.0 Å². The number of amides is 1. The molecule has 1 aliphatic carbocycles. The van der Waals surface area contributed by atoms with Crippen molar-refractivity contribution in [1.29, 1.82) is 0 Å². The molecule has 0 spiro atoms. The molecule has 0 aliphatic heterocycles. The fourth-order valence-corrected chi connectivity index (χ4v) is 5.59. The molecule has 3 atom stereocenters. The number of nitrogens with one attached hydrogen (secondary N) is 1. The zero-order valence-electron chi connectivity index (χ0n) is 21.8. The summed E-state index contributed by atoms with van der Waals surface area (Å²) in [4.78, 5) is 18.7. The molecule has 2 aromatic carbocycles. The van der Waals surface area contributed by atoms with Gasteiger partial charge in [0, 0.05) is 30.3 Å². The van der Waals surface area contributed by atoms with Crippen molar-refractivity contribution >= 4 is 52.3 Å². The third kappa shape index (κ3) is 5.85. The number of anilines is 1. The monoisotopic (exact) mass is 576 g/mol. The van der Waals surface area contributed by atoms with E-state index in [0.29, 0.717) is 34.1 Å². The highest BCUT2D eigenvalue weighted by Gasteiger charge is 2.39. The van der Waals surface area contributed by atoms with Gasteiger partial charge in [-0.1, -0.05) is 48.7 Å². The van der Waals surface area contributed by atoms with Gasteiger partial charge in [-0.2, -0.15) is 5.10 Å². The number of nitrogens with zero attached hydrogens (tertiary/aromatic N) is 4. The van der Waals surface area contributed by atoms with Gasteiger partial charge in [0.05, 0.1) is 23.3 Å². The Hall–Kier alpha value is -3.28. The topological polar surface area (TPSA) is 88.5 Å². The Labute approximate surface area is 234 Å². The Morgan fingerprint density at radius 1 is 1.31 bits per heavy atom. The van der Waals surface area contributed by atoms with E-state index in [4.69, 9.17) is 17.3 Å². The minimum atomic E-state index is -1.04. The third-order valence-corrected chi connectivity index (χ3v) is 7.23. The molecule has 1 amide bonds. The van der Waals surface area contributed by atoms with Crippen LogP contribution in [0.4, 0.5) is 24.7 Å². The number of hydrogen-bond acceptors (Lipinski definition) is 6. The molecule has 3 unspecified atom stereocenters. The number of rotatable bonds is 8. The number of para-hydroxylation sites is 1. The zero-order chi connectivity index (χ0) is 28.4. The molecular weight excluding hydrogens is 549 g/mol. The lowest BCUT2D eigenvalue weighted by molar-refractivity contribution is -0.117. The molecule has 0 saturated carbocycles. The first-order chi connectivity index (χ1) is 18.5. The summed E-state index contributed by atoms with van der Waals surface area (Å²) in [6.07, 6.45) is 4.15. The summed E-state index contributed by atoms with van der Waals surface area (Å²) in [5.74, 6) is -1.90. The van der Waals surface area contributed by atoms with Gasteiger partial charge < -0.3 is 10.5 Å². The van der Waals surface area contributed by atoms with E-state index in [1.165, 1.54) is 22.9 Å². The van der Waals surface area contributed by atoms with Gasteiger partial charge in [0.2, 0.25) is 6.41 Å². The number of aromatic nitrogens is 2. The van der Waals surface area contributed by atoms with Crippen LogP contribution in [0, 0.1) is 30.3 Å². The third-order valence-electron chi connectivity index (χ3n) is 6.52. The van der Waals surface area contributed by atoms with E-state index in [1.807, 2.05) is 13.2 Å². The molecule has 206 valence electrons. The standard InChI is InChI=1S/C27H28ClF3N6OS/c1-14-6-5-7-20(31)23(14)33-27(21(32)11-16-9-17(29)12-18(30)10-16)37(13-38)24-15(2)8-19(28)22-25(24)36(3)34-26(22)35-39-4/h5-10,12-13,15,21,24H,11,32H2,1-4H3,(H,34,35). The highest BCUT2D eigenvalue weighted by molar-refractivity contribution is 7.99. The molecule has 0 bridgehead atoms. The Kier molecular flexibility index (Phi) is 8.73. The van der Waals surface area contributed by atoms with Crippen LogP contribution in [0.5, 0.6) is 0 Å². The Morgan fingerprint density at radius 2 is 2.00 bits per heavy atom. The van der Waals surface area contributed by atoms with Gasteiger partial charge in [0.15, 0.2) is 5.82 Å². The second-order valence-electron chi connectivity index (χ2n) is 9.33. The second kappa shape index (κ2) is 11.8. The van der Waals surface area contributed by atoms with Gasteiger partial charge in [0.25, 0.3) is 0 Å². The highest BCUT2D eigenvalue weighted by atomic mass is 35.5. The lowest BCUT2D eigenvalue weighted by Gasteiger charge is -2.37. The fraction of sp³-hybridized carbons (Fsp3) is 0.296. The van der Waals surface area contributed by atoms with Gasteiger partial charge >= 0.3 is 0 Å². The summed E-state index contributed by atoms with van der Waals surface area (Å²) in [5, 5.41) is 5.00. The van der Waals surface area contributed by atoms with E-state index in [0.717, 1.165) is 18.2 Å². The molecule has 7 nitrogen and oxygen atoms in total. The quantitative estimate of drug-likeness (QED) is 0.152. The molecule has 1 heterocycles. The smallest absolute Gasteiger partial charge is 0.215 e. The summed E-state index contributed by atoms with van der Waals surface area (Å²) >= 11 is 7.97. The molecule has 0 fully saturated rings. The molecule has 1 aromatic heterocycles. The zero-order valence-corrected chi connectivity index (χ0v) is 23.3. The lowest BCUT2D eigenvalue weighted by atomic mass is 9.88. The number of hydrogen-bond donors (Lipinski definition) is 2. The summed E-state index contributed by atoms with van der Waals surface area (Å²) < 4.78 is 47.6. The van der Waals surface area contributed by atoms with Gasteiger partial charge in [-0.3, -0.25) is 14.4 Å².